The molecule has 1 N–H and O–H groups in total. The lowest BCUT2D eigenvalue weighted by Gasteiger charge is -2.46. The summed E-state index contributed by atoms with van der Waals surface area (Å²) in [6.45, 7) is 15.8. The van der Waals surface area contributed by atoms with Crippen molar-refractivity contribution in [2.75, 3.05) is 84.8 Å². The van der Waals surface area contributed by atoms with Gasteiger partial charge in [0.15, 0.2) is 0 Å². The Morgan fingerprint density at radius 3 is 2.51 bits per heavy atom. The van der Waals surface area contributed by atoms with E-state index in [4.69, 9.17) is 25.8 Å². The third kappa shape index (κ3) is 9.89. The molecular formula is C43H63ClN4O4S. The summed E-state index contributed by atoms with van der Waals surface area (Å²) in [6, 6.07) is 12.7. The lowest BCUT2D eigenvalue weighted by Crippen LogP contribution is -2.54. The molecule has 6 rings (SSSR count). The first-order chi connectivity index (χ1) is 25.7. The van der Waals surface area contributed by atoms with E-state index in [0.29, 0.717) is 55.1 Å². The van der Waals surface area contributed by atoms with E-state index in [0.717, 1.165) is 81.5 Å². The number of nitrogens with zero attached hydrogens (tertiary/aromatic N) is 3. The molecule has 3 aliphatic heterocycles. The predicted octanol–water partition coefficient (Wildman–Crippen LogP) is 7.53. The van der Waals surface area contributed by atoms with Gasteiger partial charge in [0.25, 0.3) is 5.91 Å². The van der Waals surface area contributed by atoms with E-state index in [9.17, 15) is 4.79 Å². The molecule has 292 valence electrons. The lowest BCUT2D eigenvalue weighted by molar-refractivity contribution is 0.00443. The van der Waals surface area contributed by atoms with Gasteiger partial charge in [-0.25, -0.2) is 0 Å². The van der Waals surface area contributed by atoms with Gasteiger partial charge in [0.05, 0.1) is 31.5 Å². The number of hydrogen-bond acceptors (Lipinski definition) is 7. The number of amides is 1. The predicted molar refractivity (Wildman–Crippen MR) is 222 cm³/mol. The minimum atomic E-state index is -0.517. The molecule has 1 aliphatic carbocycles. The van der Waals surface area contributed by atoms with Gasteiger partial charge in [-0.2, -0.15) is 0 Å². The van der Waals surface area contributed by atoms with Gasteiger partial charge in [-0.3, -0.25) is 9.69 Å². The average molecular weight is 768 g/mol. The number of aryl methyl sites for hydroxylation is 1. The first kappa shape index (κ1) is 40.3. The van der Waals surface area contributed by atoms with E-state index >= 15 is 0 Å². The molecule has 0 radical (unpaired) electrons. The third-order valence-electron chi connectivity index (χ3n) is 12.5. The average Bonchev–Trinajstić information content (AvgIpc) is 3.32. The Morgan fingerprint density at radius 1 is 1.04 bits per heavy atom. The Morgan fingerprint density at radius 2 is 1.81 bits per heavy atom. The molecule has 4 aliphatic rings. The number of allylic oxidation sites excluding steroid dienone is 1. The Bertz CT molecular complexity index is 1580. The maximum atomic E-state index is 13.7. The molecule has 3 heterocycles. The highest BCUT2D eigenvalue weighted by Crippen LogP contribution is 2.45. The third-order valence-corrected chi connectivity index (χ3v) is 14.5. The molecule has 8 nitrogen and oxygen atoms in total. The van der Waals surface area contributed by atoms with E-state index < -0.39 is 10.7 Å². The molecule has 0 aromatic heterocycles. The van der Waals surface area contributed by atoms with Crippen molar-refractivity contribution in [1.29, 1.82) is 0 Å². The summed E-state index contributed by atoms with van der Waals surface area (Å²) in [7, 11) is 3.05. The van der Waals surface area contributed by atoms with Crippen molar-refractivity contribution in [1.82, 2.24) is 14.5 Å². The number of carbonyl (C=O) groups excluding carboxylic acids is 1. The largest absolute Gasteiger partial charge is 0.491 e. The molecule has 2 aromatic rings. The van der Waals surface area contributed by atoms with E-state index in [1.165, 1.54) is 24.0 Å². The van der Waals surface area contributed by atoms with Crippen molar-refractivity contribution in [3.8, 4) is 5.75 Å². The van der Waals surface area contributed by atoms with Crippen LogP contribution in [0.3, 0.4) is 0 Å². The summed E-state index contributed by atoms with van der Waals surface area (Å²) in [4.78, 5) is 21.5. The maximum absolute atomic E-state index is 13.7. The molecule has 2 aromatic carbocycles. The Labute approximate surface area is 326 Å². The van der Waals surface area contributed by atoms with Gasteiger partial charge in [0.1, 0.15) is 5.75 Å². The fourth-order valence-corrected chi connectivity index (χ4v) is 10.3. The fraction of sp³-hybridized carbons (Fsp3) is 0.628. The normalized spacial score (nSPS) is 29.5. The molecular weight excluding hydrogens is 704 g/mol. The smallest absolute Gasteiger partial charge is 0.260 e. The van der Waals surface area contributed by atoms with E-state index in [1.807, 2.05) is 18.2 Å². The summed E-state index contributed by atoms with van der Waals surface area (Å²) in [6.07, 6.45) is 10.5. The Balaban J connectivity index is 1.29. The standard InChI is InChI=1S/C43H63ClN4O4S/c1-7-9-32-22-37(44)14-16-39(32)36-26-48-25-35-12-15-40(35)34(24-46-18-20-47(21-19-46)38(28-50-4)29-51-5)11-8-10-30(2)31(3)53(6)45-43(49)33-13-17-42(52-27-36)41(48)23-33/h8,11,13-14,16-17,22-23,30-31,34-36,38,40H,6-7,9-10,12,15,18-21,24-29H2,1-5H3,(H,45,49)/b11-8+. The fourth-order valence-electron chi connectivity index (χ4n) is 8.93. The van der Waals surface area contributed by atoms with Crippen LogP contribution in [0.25, 0.3) is 0 Å². The number of anilines is 1. The first-order valence-electron chi connectivity index (χ1n) is 19.9. The molecule has 1 saturated carbocycles. The summed E-state index contributed by atoms with van der Waals surface area (Å²) >= 11 is 6.52. The van der Waals surface area contributed by atoms with Crippen LogP contribution >= 0.6 is 22.3 Å². The molecule has 7 unspecified atom stereocenters. The number of nitrogens with one attached hydrogen (secondary N) is 1. The number of ether oxygens (including phenoxy) is 3. The van der Waals surface area contributed by atoms with Crippen LogP contribution in [0, 0.1) is 23.7 Å². The molecule has 2 bridgehead atoms. The zero-order valence-corrected chi connectivity index (χ0v) is 34.3. The minimum absolute atomic E-state index is 0.0612. The van der Waals surface area contributed by atoms with Gasteiger partial charge in [-0.05, 0) is 90.8 Å². The number of hydrogen-bond donors (Lipinski definition) is 1. The number of fused-ring (bicyclic) bond motifs is 2. The van der Waals surface area contributed by atoms with Crippen LogP contribution in [0.5, 0.6) is 5.75 Å². The van der Waals surface area contributed by atoms with Gasteiger partial charge in [-0.1, -0.05) is 73.6 Å². The quantitative estimate of drug-likeness (QED) is 0.198. The molecule has 0 spiro atoms. The highest BCUT2D eigenvalue weighted by molar-refractivity contribution is 8.13. The molecule has 7 atom stereocenters. The molecule has 1 amide bonds. The van der Waals surface area contributed by atoms with Gasteiger partial charge >= 0.3 is 0 Å². The number of piperazine rings is 1. The molecule has 10 heteroatoms. The van der Waals surface area contributed by atoms with Crippen LogP contribution in [-0.4, -0.2) is 113 Å². The Hall–Kier alpha value is -2.40. The van der Waals surface area contributed by atoms with Crippen molar-refractivity contribution in [2.24, 2.45) is 23.7 Å². The van der Waals surface area contributed by atoms with E-state index in [-0.39, 0.29) is 17.1 Å². The second-order valence-electron chi connectivity index (χ2n) is 16.0. The highest BCUT2D eigenvalue weighted by atomic mass is 35.5. The number of benzene rings is 2. The molecule has 53 heavy (non-hydrogen) atoms. The molecule has 1 saturated heterocycles. The number of carbonyl (C=O) groups is 1. The van der Waals surface area contributed by atoms with Crippen molar-refractivity contribution < 1.29 is 19.0 Å². The maximum Gasteiger partial charge on any atom is 0.260 e. The summed E-state index contributed by atoms with van der Waals surface area (Å²) in [5.41, 5.74) is 4.32. The minimum Gasteiger partial charge on any atom is -0.491 e. The lowest BCUT2D eigenvalue weighted by atomic mass is 9.66. The number of halogens is 1. The van der Waals surface area contributed by atoms with Crippen LogP contribution in [0.15, 0.2) is 48.6 Å². The second-order valence-corrected chi connectivity index (χ2v) is 18.2. The van der Waals surface area contributed by atoms with Crippen molar-refractivity contribution in [3.05, 3.63) is 70.3 Å². The van der Waals surface area contributed by atoms with Crippen molar-refractivity contribution in [3.63, 3.8) is 0 Å². The van der Waals surface area contributed by atoms with Crippen LogP contribution < -0.4 is 14.4 Å². The summed E-state index contributed by atoms with van der Waals surface area (Å²) < 4.78 is 21.0. The van der Waals surface area contributed by atoms with E-state index in [1.54, 1.807) is 14.2 Å². The van der Waals surface area contributed by atoms with Gasteiger partial charge in [0.2, 0.25) is 0 Å². The number of rotatable bonds is 10. The monoisotopic (exact) mass is 766 g/mol. The zero-order valence-electron chi connectivity index (χ0n) is 32.7. The number of methoxy groups -OCH3 is 2. The van der Waals surface area contributed by atoms with Gasteiger partial charge in [-0.15, -0.1) is 0 Å². The van der Waals surface area contributed by atoms with Crippen molar-refractivity contribution >= 4 is 39.7 Å². The van der Waals surface area contributed by atoms with Crippen LogP contribution in [0.2, 0.25) is 5.02 Å². The van der Waals surface area contributed by atoms with Crippen LogP contribution in [0.4, 0.5) is 5.69 Å². The Kier molecular flexibility index (Phi) is 14.4. The second kappa shape index (κ2) is 19.0. The van der Waals surface area contributed by atoms with Crippen LogP contribution in [0.1, 0.15) is 73.9 Å². The summed E-state index contributed by atoms with van der Waals surface area (Å²) in [5.74, 6) is 7.46. The zero-order chi connectivity index (χ0) is 37.5. The summed E-state index contributed by atoms with van der Waals surface area (Å²) in [5, 5.41) is 1.04. The van der Waals surface area contributed by atoms with Crippen molar-refractivity contribution in [2.45, 2.75) is 70.1 Å². The van der Waals surface area contributed by atoms with Gasteiger partial charge < -0.3 is 28.7 Å². The highest BCUT2D eigenvalue weighted by Gasteiger charge is 2.40. The molecule has 2 fully saturated rings. The first-order valence-corrected chi connectivity index (χ1v) is 21.8. The van der Waals surface area contributed by atoms with Crippen LogP contribution in [-0.2, 0) is 15.9 Å². The topological polar surface area (TPSA) is 66.5 Å². The van der Waals surface area contributed by atoms with E-state index in [2.05, 4.69) is 76.4 Å². The van der Waals surface area contributed by atoms with Gasteiger partial charge in [0, 0.05) is 81.8 Å². The SMILES string of the molecule is C=S1NC(=O)c2ccc3c(c2)N(CC(c2ccc(Cl)cc2CCC)CO3)CC2CCC2C(CN2CCN(C(COC)COC)CC2)/C=C/CC(C)C1C.